The molecule has 2 nitrogen and oxygen atoms in total. The van der Waals surface area contributed by atoms with Crippen LogP contribution in [0.15, 0.2) is 12.7 Å². The molecule has 0 aromatic carbocycles. The third-order valence-corrected chi connectivity index (χ3v) is 0.901. The summed E-state index contributed by atoms with van der Waals surface area (Å²) in [5.74, 6) is 0. The van der Waals surface area contributed by atoms with Crippen molar-refractivity contribution in [1.82, 2.24) is 0 Å². The van der Waals surface area contributed by atoms with Gasteiger partial charge in [0.15, 0.2) is 0 Å². The fourth-order valence-electron chi connectivity index (χ4n) is 0.459. The van der Waals surface area contributed by atoms with E-state index in [1.54, 1.807) is 6.08 Å². The van der Waals surface area contributed by atoms with Crippen molar-refractivity contribution in [2.75, 3.05) is 6.61 Å². The first-order chi connectivity index (χ1) is 3.81. The lowest BCUT2D eigenvalue weighted by atomic mass is 10.2. The normalized spacial score (nSPS) is 13.2. The van der Waals surface area contributed by atoms with Crippen molar-refractivity contribution in [3.63, 3.8) is 0 Å². The first kappa shape index (κ1) is 7.66. The molecule has 0 amide bonds. The molecule has 48 valence electrons. The molecule has 0 aromatic rings. The molecule has 0 fully saturated rings. The molecule has 8 heavy (non-hydrogen) atoms. The molecule has 1 atom stereocenters. The average molecular weight is 116 g/mol. The van der Waals surface area contributed by atoms with Gasteiger partial charge in [-0.1, -0.05) is 6.08 Å². The van der Waals surface area contributed by atoms with Crippen LogP contribution >= 0.6 is 0 Å². The van der Waals surface area contributed by atoms with Gasteiger partial charge in [-0.2, -0.15) is 0 Å². The van der Waals surface area contributed by atoms with Gasteiger partial charge in [-0.3, -0.25) is 0 Å². The van der Waals surface area contributed by atoms with Crippen LogP contribution in [-0.4, -0.2) is 22.9 Å². The zero-order chi connectivity index (χ0) is 6.41. The minimum Gasteiger partial charge on any atom is -0.396 e. The van der Waals surface area contributed by atoms with Gasteiger partial charge in [-0.15, -0.1) is 6.58 Å². The Bertz CT molecular complexity index is 61.5. The quantitative estimate of drug-likeness (QED) is 0.519. The fraction of sp³-hybridized carbons (Fsp3) is 0.667. The van der Waals surface area contributed by atoms with E-state index in [1.807, 2.05) is 0 Å². The largest absolute Gasteiger partial charge is 0.396 e. The third kappa shape index (κ3) is 3.84. The second-order valence-electron chi connectivity index (χ2n) is 1.69. The van der Waals surface area contributed by atoms with Crippen molar-refractivity contribution in [3.05, 3.63) is 12.7 Å². The van der Waals surface area contributed by atoms with Gasteiger partial charge in [0, 0.05) is 6.61 Å². The molecule has 2 heteroatoms. The van der Waals surface area contributed by atoms with Gasteiger partial charge in [0.1, 0.15) is 0 Å². The Balaban J connectivity index is 3.03. The van der Waals surface area contributed by atoms with Crippen LogP contribution < -0.4 is 0 Å². The molecule has 0 spiro atoms. The topological polar surface area (TPSA) is 40.5 Å². The molecule has 0 saturated heterocycles. The van der Waals surface area contributed by atoms with Crippen molar-refractivity contribution in [2.24, 2.45) is 0 Å². The molecular weight excluding hydrogens is 104 g/mol. The Hall–Kier alpha value is -0.340. The summed E-state index contributed by atoms with van der Waals surface area (Å²) >= 11 is 0. The standard InChI is InChI=1S/C6H12O2/c1-2-3-6(8)4-5-7/h2,6-8H,1,3-5H2. The molecule has 0 rings (SSSR count). The fourth-order valence-corrected chi connectivity index (χ4v) is 0.459. The Morgan fingerprint density at radius 3 is 2.62 bits per heavy atom. The smallest absolute Gasteiger partial charge is 0.0596 e. The van der Waals surface area contributed by atoms with Crippen LogP contribution in [0, 0.1) is 0 Å². The maximum atomic E-state index is 8.82. The number of hydrogen-bond donors (Lipinski definition) is 2. The van der Waals surface area contributed by atoms with E-state index in [0.717, 1.165) is 0 Å². The van der Waals surface area contributed by atoms with Crippen molar-refractivity contribution in [1.29, 1.82) is 0 Å². The van der Waals surface area contributed by atoms with E-state index in [2.05, 4.69) is 6.58 Å². The molecule has 0 aliphatic carbocycles. The molecule has 1 unspecified atom stereocenters. The minimum atomic E-state index is -0.405. The molecule has 0 aliphatic rings. The Kier molecular flexibility index (Phi) is 4.61. The predicted molar refractivity (Wildman–Crippen MR) is 32.5 cm³/mol. The van der Waals surface area contributed by atoms with Crippen molar-refractivity contribution >= 4 is 0 Å². The number of aliphatic hydroxyl groups excluding tert-OH is 2. The maximum Gasteiger partial charge on any atom is 0.0596 e. The lowest BCUT2D eigenvalue weighted by molar-refractivity contribution is 0.135. The van der Waals surface area contributed by atoms with Crippen molar-refractivity contribution in [2.45, 2.75) is 18.9 Å². The summed E-state index contributed by atoms with van der Waals surface area (Å²) in [6, 6.07) is 0. The van der Waals surface area contributed by atoms with Crippen LogP contribution in [0.3, 0.4) is 0 Å². The van der Waals surface area contributed by atoms with Crippen LogP contribution in [0.2, 0.25) is 0 Å². The van der Waals surface area contributed by atoms with Crippen molar-refractivity contribution in [3.8, 4) is 0 Å². The predicted octanol–water partition coefficient (Wildman–Crippen LogP) is 0.306. The van der Waals surface area contributed by atoms with Crippen LogP contribution in [0.1, 0.15) is 12.8 Å². The Morgan fingerprint density at radius 2 is 2.25 bits per heavy atom. The van der Waals surface area contributed by atoms with Gasteiger partial charge in [-0.25, -0.2) is 0 Å². The Labute approximate surface area is 49.5 Å². The number of aliphatic hydroxyl groups is 2. The van der Waals surface area contributed by atoms with E-state index in [-0.39, 0.29) is 6.61 Å². The Morgan fingerprint density at radius 1 is 1.62 bits per heavy atom. The lowest BCUT2D eigenvalue weighted by Crippen LogP contribution is -2.06. The van der Waals surface area contributed by atoms with Gasteiger partial charge in [-0.05, 0) is 12.8 Å². The second kappa shape index (κ2) is 4.81. The molecular formula is C6H12O2. The van der Waals surface area contributed by atoms with E-state index in [0.29, 0.717) is 12.8 Å². The molecule has 0 aliphatic heterocycles. The van der Waals surface area contributed by atoms with E-state index < -0.39 is 6.10 Å². The van der Waals surface area contributed by atoms with E-state index in [4.69, 9.17) is 10.2 Å². The average Bonchev–Trinajstić information content (AvgIpc) is 1.68. The molecule has 0 heterocycles. The summed E-state index contributed by atoms with van der Waals surface area (Å²) in [5, 5.41) is 17.1. The van der Waals surface area contributed by atoms with Crippen LogP contribution in [0.25, 0.3) is 0 Å². The molecule has 0 saturated carbocycles. The molecule has 2 N–H and O–H groups in total. The van der Waals surface area contributed by atoms with Gasteiger partial charge in [0.2, 0.25) is 0 Å². The zero-order valence-electron chi connectivity index (χ0n) is 4.88. The highest BCUT2D eigenvalue weighted by molar-refractivity contribution is 4.71. The first-order valence-electron chi connectivity index (χ1n) is 2.71. The van der Waals surface area contributed by atoms with E-state index in [9.17, 15) is 0 Å². The van der Waals surface area contributed by atoms with Gasteiger partial charge >= 0.3 is 0 Å². The van der Waals surface area contributed by atoms with Crippen LogP contribution in [0.4, 0.5) is 0 Å². The van der Waals surface area contributed by atoms with Gasteiger partial charge < -0.3 is 10.2 Å². The summed E-state index contributed by atoms with van der Waals surface area (Å²) in [5.41, 5.74) is 0. The van der Waals surface area contributed by atoms with Gasteiger partial charge in [0.25, 0.3) is 0 Å². The summed E-state index contributed by atoms with van der Waals surface area (Å²) < 4.78 is 0. The highest BCUT2D eigenvalue weighted by Gasteiger charge is 1.97. The SMILES string of the molecule is C=CCC(O)CCO. The maximum absolute atomic E-state index is 8.82. The van der Waals surface area contributed by atoms with Crippen LogP contribution in [0.5, 0.6) is 0 Å². The second-order valence-corrected chi connectivity index (χ2v) is 1.69. The monoisotopic (exact) mass is 116 g/mol. The molecule has 0 bridgehead atoms. The molecule has 0 aromatic heterocycles. The zero-order valence-corrected chi connectivity index (χ0v) is 4.88. The summed E-state index contributed by atoms with van der Waals surface area (Å²) in [6.07, 6.45) is 2.25. The highest BCUT2D eigenvalue weighted by Crippen LogP contribution is 1.95. The van der Waals surface area contributed by atoms with Crippen LogP contribution in [-0.2, 0) is 0 Å². The number of hydrogen-bond acceptors (Lipinski definition) is 2. The highest BCUT2D eigenvalue weighted by atomic mass is 16.3. The minimum absolute atomic E-state index is 0.0506. The summed E-state index contributed by atoms with van der Waals surface area (Å²) in [6.45, 7) is 3.49. The lowest BCUT2D eigenvalue weighted by Gasteiger charge is -2.02. The number of rotatable bonds is 4. The van der Waals surface area contributed by atoms with E-state index >= 15 is 0 Å². The third-order valence-electron chi connectivity index (χ3n) is 0.901. The first-order valence-corrected chi connectivity index (χ1v) is 2.71. The van der Waals surface area contributed by atoms with Crippen molar-refractivity contribution < 1.29 is 10.2 Å². The van der Waals surface area contributed by atoms with E-state index in [1.165, 1.54) is 0 Å². The van der Waals surface area contributed by atoms with Gasteiger partial charge in [0.05, 0.1) is 6.10 Å². The molecule has 0 radical (unpaired) electrons. The summed E-state index contributed by atoms with van der Waals surface area (Å²) in [7, 11) is 0. The summed E-state index contributed by atoms with van der Waals surface area (Å²) in [4.78, 5) is 0.